The van der Waals surface area contributed by atoms with Crippen LogP contribution >= 0.6 is 11.6 Å². The van der Waals surface area contributed by atoms with Crippen LogP contribution in [0.25, 0.3) is 0 Å². The topological polar surface area (TPSA) is 75.4 Å². The van der Waals surface area contributed by atoms with Gasteiger partial charge in [-0.25, -0.2) is 0 Å². The first-order valence-corrected chi connectivity index (χ1v) is 7.47. The highest BCUT2D eigenvalue weighted by Gasteiger charge is 2.26. The molecule has 6 heteroatoms. The molecule has 0 radical (unpaired) electrons. The monoisotopic (exact) mass is 309 g/mol. The van der Waals surface area contributed by atoms with Gasteiger partial charge in [-0.1, -0.05) is 23.7 Å². The van der Waals surface area contributed by atoms with Gasteiger partial charge in [0, 0.05) is 11.1 Å². The fourth-order valence-corrected chi connectivity index (χ4v) is 2.84. The van der Waals surface area contributed by atoms with Crippen LogP contribution in [-0.4, -0.2) is 42.4 Å². The van der Waals surface area contributed by atoms with Crippen LogP contribution in [0.1, 0.15) is 18.4 Å². The number of piperidine rings is 1. The van der Waals surface area contributed by atoms with Gasteiger partial charge in [-0.05, 0) is 43.6 Å². The second-order valence-corrected chi connectivity index (χ2v) is 5.71. The number of nitrogens with one attached hydrogen (secondary N) is 1. The fourth-order valence-electron chi connectivity index (χ4n) is 2.63. The Morgan fingerprint density at radius 3 is 2.67 bits per heavy atom. The third-order valence-electron chi connectivity index (χ3n) is 3.64. The van der Waals surface area contributed by atoms with E-state index in [0.717, 1.165) is 31.5 Å². The molecule has 0 bridgehead atoms. The lowest BCUT2D eigenvalue weighted by Gasteiger charge is -2.34. The van der Waals surface area contributed by atoms with Crippen LogP contribution in [0.3, 0.4) is 0 Å². The standard InChI is InChI=1S/C15H20ClN3O2/c16-12-3-1-2-11(8-12)9-15(21)19(10-14(17)20)13-4-6-18-7-5-13/h1-3,8,13,18H,4-7,9-10H2,(H2,17,20). The number of carbonyl (C=O) groups is 2. The second kappa shape index (κ2) is 7.43. The number of hydrogen-bond acceptors (Lipinski definition) is 3. The molecule has 114 valence electrons. The maximum Gasteiger partial charge on any atom is 0.237 e. The number of primary amides is 1. The minimum atomic E-state index is -0.479. The second-order valence-electron chi connectivity index (χ2n) is 5.28. The summed E-state index contributed by atoms with van der Waals surface area (Å²) in [5, 5.41) is 3.85. The van der Waals surface area contributed by atoms with Crippen LogP contribution in [-0.2, 0) is 16.0 Å². The van der Waals surface area contributed by atoms with Gasteiger partial charge in [0.25, 0.3) is 0 Å². The number of halogens is 1. The number of nitrogens with zero attached hydrogens (tertiary/aromatic N) is 1. The van der Waals surface area contributed by atoms with E-state index in [1.54, 1.807) is 17.0 Å². The van der Waals surface area contributed by atoms with Gasteiger partial charge in [-0.15, -0.1) is 0 Å². The average molecular weight is 310 g/mol. The van der Waals surface area contributed by atoms with E-state index in [1.165, 1.54) is 0 Å². The Balaban J connectivity index is 2.07. The molecule has 1 saturated heterocycles. The molecule has 3 N–H and O–H groups in total. The quantitative estimate of drug-likeness (QED) is 0.850. The van der Waals surface area contributed by atoms with E-state index < -0.39 is 5.91 Å². The van der Waals surface area contributed by atoms with Crippen molar-refractivity contribution >= 4 is 23.4 Å². The first-order chi connectivity index (χ1) is 10.1. The summed E-state index contributed by atoms with van der Waals surface area (Å²) in [6, 6.07) is 7.28. The smallest absolute Gasteiger partial charge is 0.237 e. The Morgan fingerprint density at radius 2 is 2.05 bits per heavy atom. The molecule has 1 aromatic rings. The number of rotatable bonds is 5. The zero-order valence-electron chi connectivity index (χ0n) is 11.8. The van der Waals surface area contributed by atoms with E-state index in [0.29, 0.717) is 5.02 Å². The zero-order chi connectivity index (χ0) is 15.2. The van der Waals surface area contributed by atoms with Crippen molar-refractivity contribution in [1.82, 2.24) is 10.2 Å². The molecule has 1 aliphatic heterocycles. The number of carbonyl (C=O) groups excluding carboxylic acids is 2. The minimum absolute atomic E-state index is 0.0237. The Morgan fingerprint density at radius 1 is 1.33 bits per heavy atom. The van der Waals surface area contributed by atoms with Crippen LogP contribution < -0.4 is 11.1 Å². The summed E-state index contributed by atoms with van der Waals surface area (Å²) in [5.41, 5.74) is 6.13. The van der Waals surface area contributed by atoms with Gasteiger partial charge in [0.2, 0.25) is 11.8 Å². The molecule has 0 unspecified atom stereocenters. The molecule has 0 aromatic heterocycles. The normalized spacial score (nSPS) is 15.7. The third kappa shape index (κ3) is 4.72. The van der Waals surface area contributed by atoms with Crippen LogP contribution in [0.4, 0.5) is 0 Å². The van der Waals surface area contributed by atoms with Gasteiger partial charge in [-0.2, -0.15) is 0 Å². The average Bonchev–Trinajstić information content (AvgIpc) is 2.45. The van der Waals surface area contributed by atoms with Gasteiger partial charge in [0.1, 0.15) is 0 Å². The molecule has 1 aromatic carbocycles. The highest BCUT2D eigenvalue weighted by molar-refractivity contribution is 6.30. The summed E-state index contributed by atoms with van der Waals surface area (Å²) in [6.45, 7) is 1.68. The van der Waals surface area contributed by atoms with Crippen LogP contribution in [0.5, 0.6) is 0 Å². The molecule has 1 heterocycles. The first-order valence-electron chi connectivity index (χ1n) is 7.09. The van der Waals surface area contributed by atoms with Gasteiger partial charge >= 0.3 is 0 Å². The van der Waals surface area contributed by atoms with E-state index in [4.69, 9.17) is 17.3 Å². The summed E-state index contributed by atoms with van der Waals surface area (Å²) in [4.78, 5) is 25.4. The molecule has 1 fully saturated rings. The van der Waals surface area contributed by atoms with Crippen LogP contribution in [0.15, 0.2) is 24.3 Å². The van der Waals surface area contributed by atoms with Crippen molar-refractivity contribution in [2.24, 2.45) is 5.73 Å². The van der Waals surface area contributed by atoms with Crippen molar-refractivity contribution in [3.63, 3.8) is 0 Å². The summed E-state index contributed by atoms with van der Waals surface area (Å²) >= 11 is 5.93. The molecular formula is C15H20ClN3O2. The van der Waals surface area contributed by atoms with Crippen molar-refractivity contribution in [2.45, 2.75) is 25.3 Å². The lowest BCUT2D eigenvalue weighted by molar-refractivity contribution is -0.137. The Kier molecular flexibility index (Phi) is 5.59. The predicted octanol–water partition coefficient (Wildman–Crippen LogP) is 0.948. The van der Waals surface area contributed by atoms with E-state index in [-0.39, 0.29) is 24.9 Å². The van der Waals surface area contributed by atoms with Crippen molar-refractivity contribution < 1.29 is 9.59 Å². The van der Waals surface area contributed by atoms with Crippen LogP contribution in [0, 0.1) is 0 Å². The maximum absolute atomic E-state index is 12.5. The predicted molar refractivity (Wildman–Crippen MR) is 82.0 cm³/mol. The van der Waals surface area contributed by atoms with Crippen LogP contribution in [0.2, 0.25) is 5.02 Å². The Labute approximate surface area is 129 Å². The summed E-state index contributed by atoms with van der Waals surface area (Å²) in [7, 11) is 0. The van der Waals surface area contributed by atoms with Gasteiger partial charge < -0.3 is 16.0 Å². The number of amides is 2. The molecule has 5 nitrogen and oxygen atoms in total. The maximum atomic E-state index is 12.5. The van der Waals surface area contributed by atoms with E-state index in [9.17, 15) is 9.59 Å². The zero-order valence-corrected chi connectivity index (χ0v) is 12.6. The lowest BCUT2D eigenvalue weighted by Crippen LogP contribution is -2.49. The van der Waals surface area contributed by atoms with Gasteiger partial charge in [0.05, 0.1) is 13.0 Å². The minimum Gasteiger partial charge on any atom is -0.368 e. The van der Waals surface area contributed by atoms with Crippen molar-refractivity contribution in [3.05, 3.63) is 34.9 Å². The molecule has 0 spiro atoms. The molecule has 21 heavy (non-hydrogen) atoms. The largest absolute Gasteiger partial charge is 0.368 e. The van der Waals surface area contributed by atoms with Gasteiger partial charge in [0.15, 0.2) is 0 Å². The molecule has 0 atom stereocenters. The van der Waals surface area contributed by atoms with Gasteiger partial charge in [-0.3, -0.25) is 9.59 Å². The summed E-state index contributed by atoms with van der Waals surface area (Å²) in [5.74, 6) is -0.559. The highest BCUT2D eigenvalue weighted by Crippen LogP contribution is 2.16. The number of nitrogens with two attached hydrogens (primary N) is 1. The fraction of sp³-hybridized carbons (Fsp3) is 0.467. The van der Waals surface area contributed by atoms with Crippen molar-refractivity contribution in [1.29, 1.82) is 0 Å². The van der Waals surface area contributed by atoms with Crippen molar-refractivity contribution in [2.75, 3.05) is 19.6 Å². The number of hydrogen-bond donors (Lipinski definition) is 2. The van der Waals surface area contributed by atoms with E-state index >= 15 is 0 Å². The molecule has 2 rings (SSSR count). The Bertz CT molecular complexity index is 515. The van der Waals surface area contributed by atoms with Crippen molar-refractivity contribution in [3.8, 4) is 0 Å². The SMILES string of the molecule is NC(=O)CN(C(=O)Cc1cccc(Cl)c1)C1CCNCC1. The molecule has 0 saturated carbocycles. The molecule has 0 aliphatic carbocycles. The first kappa shape index (κ1) is 15.8. The van der Waals surface area contributed by atoms with E-state index in [2.05, 4.69) is 5.32 Å². The lowest BCUT2D eigenvalue weighted by atomic mass is 10.0. The summed E-state index contributed by atoms with van der Waals surface area (Å²) < 4.78 is 0. The highest BCUT2D eigenvalue weighted by atomic mass is 35.5. The summed E-state index contributed by atoms with van der Waals surface area (Å²) in [6.07, 6.45) is 1.92. The Hall–Kier alpha value is -1.59. The number of benzene rings is 1. The third-order valence-corrected chi connectivity index (χ3v) is 3.88. The molecule has 2 amide bonds. The molecule has 1 aliphatic rings. The molecular weight excluding hydrogens is 290 g/mol. The van der Waals surface area contributed by atoms with E-state index in [1.807, 2.05) is 12.1 Å².